The van der Waals surface area contributed by atoms with Crippen LogP contribution in [0.4, 0.5) is 0 Å². The topological polar surface area (TPSA) is 50.2 Å². The Kier molecular flexibility index (Phi) is 3.01. The zero-order valence-corrected chi connectivity index (χ0v) is 9.81. The van der Waals surface area contributed by atoms with Gasteiger partial charge in [-0.2, -0.15) is 0 Å². The second-order valence-corrected chi connectivity index (χ2v) is 4.06. The predicted octanol–water partition coefficient (Wildman–Crippen LogP) is 2.78. The molecule has 1 aromatic carbocycles. The van der Waals surface area contributed by atoms with Crippen molar-refractivity contribution in [2.45, 2.75) is 0 Å². The van der Waals surface area contributed by atoms with E-state index < -0.39 is 0 Å². The van der Waals surface area contributed by atoms with Crippen LogP contribution >= 0.6 is 15.9 Å². The highest BCUT2D eigenvalue weighted by Gasteiger charge is 2.08. The number of ketones is 1. The lowest BCUT2D eigenvalue weighted by atomic mass is 10.1. The van der Waals surface area contributed by atoms with Crippen molar-refractivity contribution in [1.82, 2.24) is 4.98 Å². The lowest BCUT2D eigenvalue weighted by Gasteiger charge is -2.01. The van der Waals surface area contributed by atoms with Crippen LogP contribution in [0.15, 0.2) is 47.2 Å². The molecular formula is C12H8BrNO2. The maximum Gasteiger partial charge on any atom is 0.194 e. The van der Waals surface area contributed by atoms with E-state index in [0.29, 0.717) is 15.7 Å². The van der Waals surface area contributed by atoms with Crippen molar-refractivity contribution in [3.05, 3.63) is 58.3 Å². The Bertz CT molecular complexity index is 458. The number of aromatic nitrogens is 1. The number of hydrogen-bond acceptors (Lipinski definition) is 3. The highest BCUT2D eigenvalue weighted by molar-refractivity contribution is 9.10. The first-order valence-corrected chi connectivity index (χ1v) is 5.41. The Balaban J connectivity index is 2.32. The molecule has 16 heavy (non-hydrogen) atoms. The smallest absolute Gasteiger partial charge is 0.194 e. The molecule has 80 valence electrons. The fourth-order valence-electron chi connectivity index (χ4n) is 1.29. The van der Waals surface area contributed by atoms with E-state index in [1.54, 1.807) is 24.3 Å². The minimum absolute atomic E-state index is 0.111. The number of pyridine rings is 1. The Morgan fingerprint density at radius 3 is 2.25 bits per heavy atom. The first-order chi connectivity index (χ1) is 7.66. The summed E-state index contributed by atoms with van der Waals surface area (Å²) < 4.78 is 0.690. The van der Waals surface area contributed by atoms with E-state index in [9.17, 15) is 4.79 Å². The molecule has 4 heteroatoms. The molecule has 3 nitrogen and oxygen atoms in total. The molecule has 0 fully saturated rings. The van der Waals surface area contributed by atoms with E-state index in [4.69, 9.17) is 5.11 Å². The van der Waals surface area contributed by atoms with Crippen LogP contribution in [0.5, 0.6) is 5.75 Å². The Morgan fingerprint density at radius 2 is 1.69 bits per heavy atom. The average Bonchev–Trinajstić information content (AvgIpc) is 2.30. The molecule has 1 aromatic heterocycles. The summed E-state index contributed by atoms with van der Waals surface area (Å²) in [6, 6.07) is 9.55. The molecule has 0 saturated carbocycles. The minimum atomic E-state index is -0.111. The number of nitrogens with zero attached hydrogens (tertiary/aromatic N) is 1. The number of phenolic OH excluding ortho intramolecular Hbond substituents is 1. The number of carbonyl (C=O) groups is 1. The summed E-state index contributed by atoms with van der Waals surface area (Å²) >= 11 is 3.20. The third-order valence-electron chi connectivity index (χ3n) is 2.12. The lowest BCUT2D eigenvalue weighted by Crippen LogP contribution is -2.01. The van der Waals surface area contributed by atoms with Crippen LogP contribution in [-0.4, -0.2) is 15.9 Å². The van der Waals surface area contributed by atoms with Gasteiger partial charge >= 0.3 is 0 Å². The second kappa shape index (κ2) is 4.45. The molecule has 0 aliphatic heterocycles. The summed E-state index contributed by atoms with van der Waals surface area (Å²) in [5.74, 6) is 0.0329. The second-order valence-electron chi connectivity index (χ2n) is 3.25. The normalized spacial score (nSPS) is 10.1. The molecule has 0 unspecified atom stereocenters. The molecule has 0 aliphatic rings. The summed E-state index contributed by atoms with van der Waals surface area (Å²) in [5.41, 5.74) is 1.05. The van der Waals surface area contributed by atoms with Crippen LogP contribution < -0.4 is 0 Å². The van der Waals surface area contributed by atoms with E-state index in [0.717, 1.165) is 0 Å². The number of benzene rings is 1. The van der Waals surface area contributed by atoms with Gasteiger partial charge in [0, 0.05) is 17.3 Å². The van der Waals surface area contributed by atoms with E-state index in [2.05, 4.69) is 20.9 Å². The van der Waals surface area contributed by atoms with E-state index >= 15 is 0 Å². The Morgan fingerprint density at radius 1 is 1.06 bits per heavy atom. The maximum atomic E-state index is 11.9. The molecule has 1 N–H and O–H groups in total. The predicted molar refractivity (Wildman–Crippen MR) is 63.5 cm³/mol. The van der Waals surface area contributed by atoms with Crippen molar-refractivity contribution in [3.63, 3.8) is 0 Å². The molecule has 0 bridgehead atoms. The van der Waals surface area contributed by atoms with Crippen LogP contribution in [0.1, 0.15) is 15.9 Å². The van der Waals surface area contributed by atoms with Gasteiger partial charge in [-0.05, 0) is 52.3 Å². The van der Waals surface area contributed by atoms with Crippen molar-refractivity contribution in [1.29, 1.82) is 0 Å². The monoisotopic (exact) mass is 277 g/mol. The number of carbonyl (C=O) groups excluding carboxylic acids is 1. The quantitative estimate of drug-likeness (QED) is 0.678. The molecule has 2 aromatic rings. The zero-order valence-electron chi connectivity index (χ0n) is 8.22. The van der Waals surface area contributed by atoms with Gasteiger partial charge in [-0.1, -0.05) is 0 Å². The molecule has 0 radical (unpaired) electrons. The Hall–Kier alpha value is -1.68. The van der Waals surface area contributed by atoms with Gasteiger partial charge in [-0.15, -0.1) is 0 Å². The van der Waals surface area contributed by atoms with Gasteiger partial charge in [0.2, 0.25) is 0 Å². The van der Waals surface area contributed by atoms with Crippen LogP contribution in [0, 0.1) is 0 Å². The fraction of sp³-hybridized carbons (Fsp3) is 0. The molecule has 2 rings (SSSR count). The number of rotatable bonds is 2. The number of aromatic hydroxyl groups is 1. The minimum Gasteiger partial charge on any atom is -0.508 e. The standard InChI is InChI=1S/C12H8BrNO2/c13-11-6-3-9(7-14-11)12(16)8-1-4-10(15)5-2-8/h1-7,15H. The molecule has 0 spiro atoms. The first-order valence-electron chi connectivity index (χ1n) is 4.62. The maximum absolute atomic E-state index is 11.9. The van der Waals surface area contributed by atoms with Gasteiger partial charge in [0.05, 0.1) is 0 Å². The van der Waals surface area contributed by atoms with Crippen molar-refractivity contribution in [2.24, 2.45) is 0 Å². The molecule has 0 amide bonds. The third kappa shape index (κ3) is 2.28. The summed E-state index contributed by atoms with van der Waals surface area (Å²) in [7, 11) is 0. The lowest BCUT2D eigenvalue weighted by molar-refractivity contribution is 0.103. The summed E-state index contributed by atoms with van der Waals surface area (Å²) in [6.45, 7) is 0. The van der Waals surface area contributed by atoms with E-state index in [-0.39, 0.29) is 11.5 Å². The third-order valence-corrected chi connectivity index (χ3v) is 2.59. The van der Waals surface area contributed by atoms with Crippen molar-refractivity contribution >= 4 is 21.7 Å². The zero-order chi connectivity index (χ0) is 11.5. The molecule has 1 heterocycles. The number of halogens is 1. The van der Waals surface area contributed by atoms with Gasteiger partial charge in [-0.25, -0.2) is 4.98 Å². The van der Waals surface area contributed by atoms with Gasteiger partial charge in [0.15, 0.2) is 5.78 Å². The van der Waals surface area contributed by atoms with Crippen LogP contribution in [0.3, 0.4) is 0 Å². The van der Waals surface area contributed by atoms with E-state index in [1.165, 1.54) is 18.3 Å². The highest BCUT2D eigenvalue weighted by Crippen LogP contribution is 2.14. The molecule has 0 aliphatic carbocycles. The number of phenols is 1. The summed E-state index contributed by atoms with van der Waals surface area (Å²) in [4.78, 5) is 15.9. The highest BCUT2D eigenvalue weighted by atomic mass is 79.9. The van der Waals surface area contributed by atoms with Gasteiger partial charge in [0.1, 0.15) is 10.4 Å². The first kappa shape index (κ1) is 10.8. The van der Waals surface area contributed by atoms with Gasteiger partial charge in [0.25, 0.3) is 0 Å². The number of hydrogen-bond donors (Lipinski definition) is 1. The summed E-state index contributed by atoms with van der Waals surface area (Å²) in [6.07, 6.45) is 1.51. The van der Waals surface area contributed by atoms with Crippen LogP contribution in [-0.2, 0) is 0 Å². The van der Waals surface area contributed by atoms with Crippen molar-refractivity contribution in [2.75, 3.05) is 0 Å². The van der Waals surface area contributed by atoms with Gasteiger partial charge < -0.3 is 5.11 Å². The van der Waals surface area contributed by atoms with Crippen molar-refractivity contribution < 1.29 is 9.90 Å². The largest absolute Gasteiger partial charge is 0.508 e. The summed E-state index contributed by atoms with van der Waals surface area (Å²) in [5, 5.41) is 9.12. The van der Waals surface area contributed by atoms with Crippen LogP contribution in [0.2, 0.25) is 0 Å². The average molecular weight is 278 g/mol. The van der Waals surface area contributed by atoms with E-state index in [1.807, 2.05) is 0 Å². The Labute approximate surface area is 101 Å². The molecule has 0 atom stereocenters. The molecule has 0 saturated heterocycles. The SMILES string of the molecule is O=C(c1ccc(O)cc1)c1ccc(Br)nc1. The van der Waals surface area contributed by atoms with Gasteiger partial charge in [-0.3, -0.25) is 4.79 Å². The molecular weight excluding hydrogens is 270 g/mol. The van der Waals surface area contributed by atoms with Crippen LogP contribution in [0.25, 0.3) is 0 Å². The fourth-order valence-corrected chi connectivity index (χ4v) is 1.52. The van der Waals surface area contributed by atoms with Crippen molar-refractivity contribution in [3.8, 4) is 5.75 Å².